The molecule has 0 atom stereocenters. The molecular weight excluding hydrogens is 272 g/mol. The quantitative estimate of drug-likeness (QED) is 0.787. The second kappa shape index (κ2) is 4.36. The Morgan fingerprint density at radius 2 is 2.31 bits per heavy atom. The number of nitrogens with two attached hydrogens (primary N) is 1. The molecule has 0 aromatic carbocycles. The van der Waals surface area contributed by atoms with Crippen molar-refractivity contribution in [3.05, 3.63) is 40.8 Å². The van der Waals surface area contributed by atoms with Gasteiger partial charge in [0.15, 0.2) is 0 Å². The first-order valence-corrected chi connectivity index (χ1v) is 5.31. The first-order valence-electron chi connectivity index (χ1n) is 4.52. The lowest BCUT2D eigenvalue weighted by Crippen LogP contribution is -2.13. The fraction of sp³-hybridized carbons (Fsp3) is 0. The van der Waals surface area contributed by atoms with Crippen LogP contribution in [0.5, 0.6) is 0 Å². The first kappa shape index (κ1) is 10.7. The molecule has 16 heavy (non-hydrogen) atoms. The molecule has 2 rings (SSSR count). The van der Waals surface area contributed by atoms with Gasteiger partial charge in [-0.3, -0.25) is 4.79 Å². The maximum atomic E-state index is 11.7. The van der Waals surface area contributed by atoms with Crippen molar-refractivity contribution in [2.24, 2.45) is 0 Å². The molecule has 0 aliphatic heterocycles. The highest BCUT2D eigenvalue weighted by Gasteiger charge is 2.08. The number of halogens is 1. The summed E-state index contributed by atoms with van der Waals surface area (Å²) in [5.74, 6) is 0.216. The standard InChI is InChI=1S/C10H9BrN4O/c11-6-1-2-9(14-4-6)15-10(16)8-3-7(12)5-13-8/h1-5,13H,12H2,(H,14,15,16). The van der Waals surface area contributed by atoms with E-state index in [4.69, 9.17) is 5.73 Å². The van der Waals surface area contributed by atoms with E-state index < -0.39 is 0 Å². The van der Waals surface area contributed by atoms with Gasteiger partial charge in [0.05, 0.1) is 0 Å². The minimum Gasteiger partial charge on any atom is -0.397 e. The Balaban J connectivity index is 2.10. The number of nitrogens with zero attached hydrogens (tertiary/aromatic N) is 1. The van der Waals surface area contributed by atoms with Crippen LogP contribution in [0.25, 0.3) is 0 Å². The number of aromatic amines is 1. The van der Waals surface area contributed by atoms with Gasteiger partial charge in [0, 0.05) is 22.6 Å². The fourth-order valence-electron chi connectivity index (χ4n) is 1.18. The van der Waals surface area contributed by atoms with Crippen LogP contribution in [0.1, 0.15) is 10.5 Å². The Hall–Kier alpha value is -1.82. The lowest BCUT2D eigenvalue weighted by atomic mass is 10.4. The predicted octanol–water partition coefficient (Wildman–Crippen LogP) is 2.01. The number of aromatic nitrogens is 2. The molecular formula is C10H9BrN4O. The number of hydrogen-bond donors (Lipinski definition) is 3. The molecule has 0 saturated carbocycles. The molecule has 6 heteroatoms. The van der Waals surface area contributed by atoms with E-state index in [9.17, 15) is 4.79 Å². The second-order valence-corrected chi connectivity index (χ2v) is 4.08. The maximum Gasteiger partial charge on any atom is 0.273 e. The summed E-state index contributed by atoms with van der Waals surface area (Å²) in [5, 5.41) is 2.64. The van der Waals surface area contributed by atoms with Gasteiger partial charge in [-0.1, -0.05) is 0 Å². The van der Waals surface area contributed by atoms with Crippen molar-refractivity contribution in [2.75, 3.05) is 11.1 Å². The molecule has 2 heterocycles. The van der Waals surface area contributed by atoms with E-state index in [0.717, 1.165) is 4.47 Å². The molecule has 5 nitrogen and oxygen atoms in total. The van der Waals surface area contributed by atoms with Crippen molar-refractivity contribution in [2.45, 2.75) is 0 Å². The summed E-state index contributed by atoms with van der Waals surface area (Å²) in [4.78, 5) is 18.5. The second-order valence-electron chi connectivity index (χ2n) is 3.16. The van der Waals surface area contributed by atoms with E-state index in [1.807, 2.05) is 0 Å². The molecule has 2 aromatic heterocycles. The lowest BCUT2D eigenvalue weighted by Gasteiger charge is -2.02. The zero-order chi connectivity index (χ0) is 11.5. The van der Waals surface area contributed by atoms with Gasteiger partial charge in [0.2, 0.25) is 0 Å². The van der Waals surface area contributed by atoms with Gasteiger partial charge in [-0.2, -0.15) is 0 Å². The van der Waals surface area contributed by atoms with Gasteiger partial charge in [0.1, 0.15) is 11.5 Å². The third-order valence-corrected chi connectivity index (χ3v) is 2.39. The zero-order valence-corrected chi connectivity index (χ0v) is 9.78. The van der Waals surface area contributed by atoms with E-state index in [1.54, 1.807) is 30.6 Å². The molecule has 4 N–H and O–H groups in total. The van der Waals surface area contributed by atoms with Crippen LogP contribution in [0.2, 0.25) is 0 Å². The monoisotopic (exact) mass is 280 g/mol. The Morgan fingerprint density at radius 1 is 1.50 bits per heavy atom. The number of anilines is 2. The topological polar surface area (TPSA) is 83.8 Å². The average Bonchev–Trinajstić information content (AvgIpc) is 2.68. The molecule has 0 saturated heterocycles. The van der Waals surface area contributed by atoms with Crippen LogP contribution in [0, 0.1) is 0 Å². The third kappa shape index (κ3) is 2.40. The number of carbonyl (C=O) groups is 1. The minimum atomic E-state index is -0.272. The number of hydrogen-bond acceptors (Lipinski definition) is 3. The van der Waals surface area contributed by atoms with Crippen LogP contribution in [-0.4, -0.2) is 15.9 Å². The van der Waals surface area contributed by atoms with Crippen LogP contribution >= 0.6 is 15.9 Å². The van der Waals surface area contributed by atoms with Crippen LogP contribution in [0.3, 0.4) is 0 Å². The molecule has 0 radical (unpaired) electrons. The number of nitrogens with one attached hydrogen (secondary N) is 2. The Morgan fingerprint density at radius 3 is 2.88 bits per heavy atom. The summed E-state index contributed by atoms with van der Waals surface area (Å²) < 4.78 is 0.856. The van der Waals surface area contributed by atoms with Crippen molar-refractivity contribution in [1.29, 1.82) is 0 Å². The van der Waals surface area contributed by atoms with Crippen LogP contribution in [-0.2, 0) is 0 Å². The Labute approximate surface area is 100 Å². The molecule has 0 bridgehead atoms. The number of nitrogen functional groups attached to an aromatic ring is 1. The molecule has 0 aliphatic carbocycles. The average molecular weight is 281 g/mol. The number of H-pyrrole nitrogens is 1. The summed E-state index contributed by atoms with van der Waals surface area (Å²) in [7, 11) is 0. The van der Waals surface area contributed by atoms with Crippen LogP contribution in [0.4, 0.5) is 11.5 Å². The Bertz CT molecular complexity index is 506. The van der Waals surface area contributed by atoms with Gasteiger partial charge >= 0.3 is 0 Å². The van der Waals surface area contributed by atoms with Gasteiger partial charge < -0.3 is 16.0 Å². The normalized spacial score (nSPS) is 10.1. The highest BCUT2D eigenvalue weighted by Crippen LogP contribution is 2.12. The van der Waals surface area contributed by atoms with E-state index in [-0.39, 0.29) is 5.91 Å². The summed E-state index contributed by atoms with van der Waals surface area (Å²) >= 11 is 3.26. The highest BCUT2D eigenvalue weighted by atomic mass is 79.9. The van der Waals surface area contributed by atoms with Crippen molar-refractivity contribution in [3.63, 3.8) is 0 Å². The smallest absolute Gasteiger partial charge is 0.273 e. The molecule has 82 valence electrons. The van der Waals surface area contributed by atoms with E-state index in [0.29, 0.717) is 17.2 Å². The molecule has 2 aromatic rings. The molecule has 0 spiro atoms. The first-order chi connectivity index (χ1) is 7.65. The van der Waals surface area contributed by atoms with Crippen molar-refractivity contribution in [1.82, 2.24) is 9.97 Å². The predicted molar refractivity (Wildman–Crippen MR) is 65.1 cm³/mol. The summed E-state index contributed by atoms with van der Waals surface area (Å²) in [5.41, 5.74) is 6.42. The van der Waals surface area contributed by atoms with Gasteiger partial charge in [-0.05, 0) is 34.1 Å². The van der Waals surface area contributed by atoms with Gasteiger partial charge in [-0.25, -0.2) is 4.98 Å². The molecule has 0 aliphatic rings. The minimum absolute atomic E-state index is 0.272. The summed E-state index contributed by atoms with van der Waals surface area (Å²) in [6.45, 7) is 0. The lowest BCUT2D eigenvalue weighted by molar-refractivity contribution is 0.102. The van der Waals surface area contributed by atoms with Crippen LogP contribution < -0.4 is 11.1 Å². The highest BCUT2D eigenvalue weighted by molar-refractivity contribution is 9.10. The third-order valence-electron chi connectivity index (χ3n) is 1.92. The van der Waals surface area contributed by atoms with Crippen molar-refractivity contribution in [3.8, 4) is 0 Å². The van der Waals surface area contributed by atoms with E-state index >= 15 is 0 Å². The SMILES string of the molecule is Nc1c[nH]c(C(=O)Nc2ccc(Br)cn2)c1. The van der Waals surface area contributed by atoms with E-state index in [2.05, 4.69) is 31.2 Å². The number of pyridine rings is 1. The van der Waals surface area contributed by atoms with E-state index in [1.165, 1.54) is 0 Å². The maximum absolute atomic E-state index is 11.7. The number of amides is 1. The molecule has 1 amide bonds. The van der Waals surface area contributed by atoms with Gasteiger partial charge in [-0.15, -0.1) is 0 Å². The molecule has 0 fully saturated rings. The van der Waals surface area contributed by atoms with Crippen LogP contribution in [0.15, 0.2) is 35.1 Å². The number of carbonyl (C=O) groups excluding carboxylic acids is 1. The largest absolute Gasteiger partial charge is 0.397 e. The van der Waals surface area contributed by atoms with Crippen molar-refractivity contribution < 1.29 is 4.79 Å². The number of rotatable bonds is 2. The van der Waals surface area contributed by atoms with Crippen molar-refractivity contribution >= 4 is 33.3 Å². The summed E-state index contributed by atoms with van der Waals surface area (Å²) in [6, 6.07) is 5.06. The van der Waals surface area contributed by atoms with Gasteiger partial charge in [0.25, 0.3) is 5.91 Å². The zero-order valence-electron chi connectivity index (χ0n) is 8.20. The Kier molecular flexibility index (Phi) is 2.91. The summed E-state index contributed by atoms with van der Waals surface area (Å²) in [6.07, 6.45) is 3.17. The fourth-order valence-corrected chi connectivity index (χ4v) is 1.41. The molecule has 0 unspecified atom stereocenters.